The number of halogens is 2. The predicted octanol–water partition coefficient (Wildman–Crippen LogP) is 1.88. The third-order valence-corrected chi connectivity index (χ3v) is 9.45. The van der Waals surface area contributed by atoms with Crippen LogP contribution in [0.25, 0.3) is 0 Å². The number of nitrogens with zero attached hydrogens (tertiary/aromatic N) is 4. The fourth-order valence-corrected chi connectivity index (χ4v) is 7.09. The molecular weight excluding hydrogens is 536 g/mol. The van der Waals surface area contributed by atoms with Gasteiger partial charge in [0.25, 0.3) is 10.2 Å². The van der Waals surface area contributed by atoms with Gasteiger partial charge in [0.15, 0.2) is 11.5 Å². The Morgan fingerprint density at radius 1 is 1.10 bits per heavy atom. The van der Waals surface area contributed by atoms with Crippen LogP contribution in [0.3, 0.4) is 0 Å². The number of hydrogen-bond acceptors (Lipinski definition) is 7. The molecule has 39 heavy (non-hydrogen) atoms. The molecule has 0 aromatic heterocycles. The molecule has 0 radical (unpaired) electrons. The molecule has 1 aromatic carbocycles. The lowest BCUT2D eigenvalue weighted by molar-refractivity contribution is -0.142. The first-order valence-corrected chi connectivity index (χ1v) is 14.3. The van der Waals surface area contributed by atoms with Crippen molar-refractivity contribution < 1.29 is 36.3 Å². The van der Waals surface area contributed by atoms with Crippen molar-refractivity contribution in [1.82, 2.24) is 18.8 Å². The summed E-state index contributed by atoms with van der Waals surface area (Å²) in [6, 6.07) is 5.27. The van der Waals surface area contributed by atoms with E-state index in [-0.39, 0.29) is 48.9 Å². The van der Waals surface area contributed by atoms with E-state index in [1.807, 2.05) is 0 Å². The minimum atomic E-state index is -3.75. The molecule has 214 valence electrons. The number of piperidine rings is 1. The Kier molecular flexibility index (Phi) is 8.93. The highest BCUT2D eigenvalue weighted by atomic mass is 32.2. The van der Waals surface area contributed by atoms with Gasteiger partial charge in [-0.05, 0) is 50.3 Å². The van der Waals surface area contributed by atoms with Crippen molar-refractivity contribution in [3.8, 4) is 17.6 Å². The summed E-state index contributed by atoms with van der Waals surface area (Å²) in [4.78, 5) is 28.2. The number of likely N-dealkylation sites (tertiary alicyclic amines) is 1. The van der Waals surface area contributed by atoms with E-state index in [4.69, 9.17) is 10.00 Å². The lowest BCUT2D eigenvalue weighted by atomic mass is 9.97. The molecule has 0 bridgehead atoms. The molecule has 0 aliphatic carbocycles. The predicted molar refractivity (Wildman–Crippen MR) is 135 cm³/mol. The van der Waals surface area contributed by atoms with E-state index in [0.717, 1.165) is 0 Å². The number of benzene rings is 1. The van der Waals surface area contributed by atoms with Crippen molar-refractivity contribution >= 4 is 22.0 Å². The average molecular weight is 570 g/mol. The molecule has 0 saturated carbocycles. The fraction of sp³-hybridized carbons (Fsp3) is 0.640. The van der Waals surface area contributed by atoms with Crippen LogP contribution in [0.5, 0.6) is 11.5 Å². The topological polar surface area (TPSA) is 132 Å². The van der Waals surface area contributed by atoms with Crippen LogP contribution in [0, 0.1) is 23.2 Å². The summed E-state index contributed by atoms with van der Waals surface area (Å²) in [6.07, 6.45) is 2.18. The van der Waals surface area contributed by atoms with Crippen LogP contribution in [0.15, 0.2) is 18.2 Å². The van der Waals surface area contributed by atoms with Gasteiger partial charge in [0.2, 0.25) is 11.8 Å². The first kappa shape index (κ1) is 29.0. The Balaban J connectivity index is 1.38. The second kappa shape index (κ2) is 12.0. The molecule has 1 N–H and O–H groups in total. The van der Waals surface area contributed by atoms with Gasteiger partial charge in [-0.2, -0.15) is 31.1 Å². The van der Waals surface area contributed by atoms with Crippen LogP contribution in [-0.4, -0.2) is 86.2 Å². The molecule has 3 atom stereocenters. The number of alkyl halides is 2. The van der Waals surface area contributed by atoms with Crippen LogP contribution >= 0.6 is 0 Å². The molecule has 4 rings (SSSR count). The van der Waals surface area contributed by atoms with E-state index in [1.165, 1.54) is 27.9 Å². The van der Waals surface area contributed by atoms with E-state index in [1.54, 1.807) is 17.9 Å². The summed E-state index contributed by atoms with van der Waals surface area (Å²) >= 11 is 0. The molecule has 3 heterocycles. The number of nitrogens with one attached hydrogen (secondary N) is 1. The third-order valence-electron chi connectivity index (χ3n) is 7.52. The monoisotopic (exact) mass is 569 g/mol. The van der Waals surface area contributed by atoms with Crippen molar-refractivity contribution in [2.75, 3.05) is 39.8 Å². The number of rotatable bonds is 9. The van der Waals surface area contributed by atoms with Crippen molar-refractivity contribution in [1.29, 1.82) is 5.26 Å². The maximum Gasteiger partial charge on any atom is 0.387 e. The summed E-state index contributed by atoms with van der Waals surface area (Å²) < 4.78 is 63.4. The number of carbonyl (C=O) groups excluding carboxylic acids is 2. The van der Waals surface area contributed by atoms with E-state index < -0.39 is 34.8 Å². The van der Waals surface area contributed by atoms with Crippen molar-refractivity contribution in [3.05, 3.63) is 23.8 Å². The van der Waals surface area contributed by atoms with Gasteiger partial charge in [-0.15, -0.1) is 0 Å². The van der Waals surface area contributed by atoms with Crippen LogP contribution in [0.1, 0.15) is 44.2 Å². The van der Waals surface area contributed by atoms with Crippen LogP contribution < -0.4 is 14.8 Å². The molecule has 14 heteroatoms. The van der Waals surface area contributed by atoms with Gasteiger partial charge in [-0.25, -0.2) is 0 Å². The van der Waals surface area contributed by atoms with E-state index in [0.29, 0.717) is 44.3 Å². The Morgan fingerprint density at radius 2 is 1.82 bits per heavy atom. The molecular formula is C25H33F2N5O6S. The third kappa shape index (κ3) is 6.26. The van der Waals surface area contributed by atoms with Gasteiger partial charge < -0.3 is 19.7 Å². The highest BCUT2D eigenvalue weighted by molar-refractivity contribution is 7.86. The maximum atomic E-state index is 13.5. The normalized spacial score (nSPS) is 23.6. The molecule has 0 spiro atoms. The average Bonchev–Trinajstić information content (AvgIpc) is 3.37. The molecule has 11 nitrogen and oxygen atoms in total. The quantitative estimate of drug-likeness (QED) is 0.480. The van der Waals surface area contributed by atoms with Crippen molar-refractivity contribution in [2.24, 2.45) is 11.8 Å². The molecule has 0 unspecified atom stereocenters. The van der Waals surface area contributed by atoms with Crippen LogP contribution in [0.4, 0.5) is 8.78 Å². The zero-order chi connectivity index (χ0) is 28.3. The van der Waals surface area contributed by atoms with Crippen LogP contribution in [-0.2, 0) is 19.8 Å². The van der Waals surface area contributed by atoms with E-state index >= 15 is 0 Å². The van der Waals surface area contributed by atoms with Gasteiger partial charge in [0, 0.05) is 32.7 Å². The van der Waals surface area contributed by atoms with Crippen molar-refractivity contribution in [2.45, 2.75) is 51.3 Å². The Morgan fingerprint density at radius 3 is 2.49 bits per heavy atom. The van der Waals surface area contributed by atoms with Crippen LogP contribution in [0.2, 0.25) is 0 Å². The summed E-state index contributed by atoms with van der Waals surface area (Å²) in [5, 5.41) is 11.9. The van der Waals surface area contributed by atoms with Gasteiger partial charge in [0.05, 0.1) is 31.1 Å². The smallest absolute Gasteiger partial charge is 0.387 e. The van der Waals surface area contributed by atoms with Gasteiger partial charge in [-0.1, -0.05) is 6.07 Å². The molecule has 3 aliphatic heterocycles. The maximum absolute atomic E-state index is 13.5. The highest BCUT2D eigenvalue weighted by Gasteiger charge is 2.44. The fourth-order valence-electron chi connectivity index (χ4n) is 5.30. The zero-order valence-corrected chi connectivity index (χ0v) is 22.7. The van der Waals surface area contributed by atoms with Crippen molar-refractivity contribution in [3.63, 3.8) is 0 Å². The summed E-state index contributed by atoms with van der Waals surface area (Å²) in [7, 11) is -2.42. The van der Waals surface area contributed by atoms with Gasteiger partial charge in [-0.3, -0.25) is 9.59 Å². The Bertz CT molecular complexity index is 1220. The minimum Gasteiger partial charge on any atom is -0.493 e. The largest absolute Gasteiger partial charge is 0.493 e. The zero-order valence-electron chi connectivity index (χ0n) is 21.9. The lowest BCUT2D eigenvalue weighted by Gasteiger charge is -2.41. The number of amides is 2. The van der Waals surface area contributed by atoms with E-state index in [9.17, 15) is 26.8 Å². The molecule has 1 aromatic rings. The van der Waals surface area contributed by atoms with Gasteiger partial charge in [0.1, 0.15) is 6.04 Å². The number of ether oxygens (including phenoxy) is 2. The number of carbonyl (C=O) groups is 2. The molecule has 3 aliphatic rings. The van der Waals surface area contributed by atoms with Gasteiger partial charge >= 0.3 is 6.61 Å². The summed E-state index contributed by atoms with van der Waals surface area (Å²) in [5.41, 5.74) is 0.607. The molecule has 3 fully saturated rings. The number of nitriles is 1. The highest BCUT2D eigenvalue weighted by Crippen LogP contribution is 2.32. The second-order valence-corrected chi connectivity index (χ2v) is 12.0. The SMILES string of the molecule is COc1cc([C@H](C)NC(=O)[C@H]2CCCN2C(=O)[C@H]2CCCN(S(=O)(=O)N3CC(C#N)C3)C2)ccc1OC(F)F. The number of methoxy groups -OCH3 is 1. The molecule has 2 amide bonds. The first-order chi connectivity index (χ1) is 18.5. The Hall–Kier alpha value is -3.02. The first-order valence-electron chi connectivity index (χ1n) is 12.9. The Labute approximate surface area is 226 Å². The summed E-state index contributed by atoms with van der Waals surface area (Å²) in [5.74, 6) is -1.47. The second-order valence-electron chi connectivity index (χ2n) is 10.1. The lowest BCUT2D eigenvalue weighted by Crippen LogP contribution is -2.57. The standard InChI is InChI=1S/C25H33F2N5O6S/c1-16(18-7-8-21(38-25(26)27)22(11-18)37-2)29-23(33)20-6-4-10-32(20)24(34)19-5-3-9-30(15-19)39(35,36)31-13-17(12-28)14-31/h7-8,11,16-17,19-20,25H,3-6,9-10,13-15H2,1-2H3,(H,29,33)/t16-,19-,20+/m0/s1. The summed E-state index contributed by atoms with van der Waals surface area (Å²) in [6.45, 7) is -0.191. The van der Waals surface area contributed by atoms with E-state index in [2.05, 4.69) is 16.1 Å². The molecule has 3 saturated heterocycles. The minimum absolute atomic E-state index is 0.0446. The number of hydrogen-bond donors (Lipinski definition) is 1.